The summed E-state index contributed by atoms with van der Waals surface area (Å²) < 4.78 is 10.4. The van der Waals surface area contributed by atoms with E-state index in [4.69, 9.17) is 15.2 Å². The number of primary amides is 1. The summed E-state index contributed by atoms with van der Waals surface area (Å²) in [5.41, 5.74) is 5.94. The molecule has 4 amide bonds. The summed E-state index contributed by atoms with van der Waals surface area (Å²) in [6, 6.07) is 4.44. The Kier molecular flexibility index (Phi) is 16.3. The Balaban J connectivity index is 0.00000152. The van der Waals surface area contributed by atoms with Gasteiger partial charge in [-0.3, -0.25) is 14.4 Å². The summed E-state index contributed by atoms with van der Waals surface area (Å²) >= 11 is 0. The minimum atomic E-state index is -0.443. The van der Waals surface area contributed by atoms with Crippen LogP contribution < -0.4 is 31.7 Å². The average Bonchev–Trinajstić information content (AvgIpc) is 2.83. The number of nitrogens with two attached hydrogens (primary N) is 1. The highest BCUT2D eigenvalue weighted by atomic mass is 16.5. The van der Waals surface area contributed by atoms with Crippen molar-refractivity contribution in [1.29, 1.82) is 0 Å². The van der Waals surface area contributed by atoms with Gasteiger partial charge in [0, 0.05) is 19.0 Å². The minimum absolute atomic E-state index is 0.0925. The number of amides is 4. The molecule has 0 aliphatic heterocycles. The fourth-order valence-corrected chi connectivity index (χ4v) is 2.84. The maximum absolute atomic E-state index is 12.4. The highest BCUT2D eigenvalue weighted by molar-refractivity contribution is 5.96. The Bertz CT molecular complexity index is 844. The molecular formula is C25H43N5O6. The Morgan fingerprint density at radius 1 is 1.03 bits per heavy atom. The first-order valence-corrected chi connectivity index (χ1v) is 12.1. The maximum atomic E-state index is 12.4. The van der Waals surface area contributed by atoms with Gasteiger partial charge in [0.2, 0.25) is 11.8 Å². The zero-order chi connectivity index (χ0) is 27.7. The Morgan fingerprint density at radius 3 is 2.17 bits per heavy atom. The van der Waals surface area contributed by atoms with E-state index in [0.29, 0.717) is 24.4 Å². The summed E-state index contributed by atoms with van der Waals surface area (Å²) in [5.74, 6) is -0.340. The molecule has 0 fully saturated rings. The Hall–Kier alpha value is -3.34. The smallest absolute Gasteiger partial charge is 0.312 e. The SMILES string of the molecule is CCC(=O)OCc1ccc(NC(=O)CNC(=O)C(NC(C)C)C(C)C)c(OC)c1.CCCNC(N)=O. The van der Waals surface area contributed by atoms with Crippen molar-refractivity contribution >= 4 is 29.5 Å². The lowest BCUT2D eigenvalue weighted by Gasteiger charge is -2.23. The van der Waals surface area contributed by atoms with E-state index in [1.807, 2.05) is 34.6 Å². The molecule has 11 heteroatoms. The molecule has 36 heavy (non-hydrogen) atoms. The summed E-state index contributed by atoms with van der Waals surface area (Å²) in [7, 11) is 1.49. The number of nitrogens with one attached hydrogen (secondary N) is 4. The summed E-state index contributed by atoms with van der Waals surface area (Å²) in [6.45, 7) is 12.2. The number of urea groups is 1. The maximum Gasteiger partial charge on any atom is 0.312 e. The molecule has 11 nitrogen and oxygen atoms in total. The van der Waals surface area contributed by atoms with Crippen LogP contribution in [0.3, 0.4) is 0 Å². The second-order valence-electron chi connectivity index (χ2n) is 8.65. The van der Waals surface area contributed by atoms with E-state index in [1.54, 1.807) is 25.1 Å². The Labute approximate surface area is 214 Å². The van der Waals surface area contributed by atoms with E-state index in [9.17, 15) is 19.2 Å². The fraction of sp³-hybridized carbons (Fsp3) is 0.600. The number of rotatable bonds is 13. The number of anilines is 1. The number of carbonyl (C=O) groups excluding carboxylic acids is 4. The first kappa shape index (κ1) is 32.7. The van der Waals surface area contributed by atoms with Crippen LogP contribution in [0.5, 0.6) is 5.75 Å². The second kappa shape index (κ2) is 18.0. The molecule has 0 aromatic heterocycles. The fourth-order valence-electron chi connectivity index (χ4n) is 2.84. The summed E-state index contributed by atoms with van der Waals surface area (Å²) in [6.07, 6.45) is 1.24. The average molecular weight is 510 g/mol. The zero-order valence-electron chi connectivity index (χ0n) is 22.5. The largest absolute Gasteiger partial charge is 0.495 e. The molecule has 0 radical (unpaired) electrons. The Morgan fingerprint density at radius 2 is 1.69 bits per heavy atom. The van der Waals surface area contributed by atoms with Gasteiger partial charge in [-0.05, 0) is 30.0 Å². The predicted molar refractivity (Wildman–Crippen MR) is 139 cm³/mol. The van der Waals surface area contributed by atoms with Crippen molar-refractivity contribution in [3.8, 4) is 5.75 Å². The number of benzene rings is 1. The van der Waals surface area contributed by atoms with Crippen molar-refractivity contribution in [3.63, 3.8) is 0 Å². The number of hydrogen-bond donors (Lipinski definition) is 5. The zero-order valence-corrected chi connectivity index (χ0v) is 22.5. The lowest BCUT2D eigenvalue weighted by molar-refractivity contribution is -0.144. The van der Waals surface area contributed by atoms with Gasteiger partial charge in [-0.2, -0.15) is 0 Å². The molecule has 1 rings (SSSR count). The van der Waals surface area contributed by atoms with Gasteiger partial charge in [0.25, 0.3) is 0 Å². The molecule has 1 atom stereocenters. The van der Waals surface area contributed by atoms with Crippen LogP contribution in [0.2, 0.25) is 0 Å². The highest BCUT2D eigenvalue weighted by Gasteiger charge is 2.23. The third-order valence-electron chi connectivity index (χ3n) is 4.66. The molecule has 0 spiro atoms. The molecule has 1 unspecified atom stereocenters. The van der Waals surface area contributed by atoms with E-state index in [1.165, 1.54) is 7.11 Å². The van der Waals surface area contributed by atoms with Gasteiger partial charge in [-0.15, -0.1) is 0 Å². The van der Waals surface area contributed by atoms with Crippen molar-refractivity contribution in [2.45, 2.75) is 73.1 Å². The molecule has 6 N–H and O–H groups in total. The van der Waals surface area contributed by atoms with Crippen LogP contribution >= 0.6 is 0 Å². The van der Waals surface area contributed by atoms with Gasteiger partial charge in [0.05, 0.1) is 25.4 Å². The molecule has 204 valence electrons. The van der Waals surface area contributed by atoms with Crippen molar-refractivity contribution in [2.24, 2.45) is 11.7 Å². The molecule has 0 aliphatic carbocycles. The van der Waals surface area contributed by atoms with Crippen LogP contribution in [-0.2, 0) is 25.7 Å². The summed E-state index contributed by atoms with van der Waals surface area (Å²) in [5, 5.41) is 11.0. The number of carbonyl (C=O) groups is 4. The molecule has 0 saturated carbocycles. The molecule has 1 aromatic rings. The van der Waals surface area contributed by atoms with Gasteiger partial charge in [0.15, 0.2) is 0 Å². The normalized spacial score (nSPS) is 11.1. The molecule has 0 bridgehead atoms. The van der Waals surface area contributed by atoms with E-state index >= 15 is 0 Å². The standard InChI is InChI=1S/C21H33N3O5.C4H10N2O/c1-7-19(26)29-12-15-8-9-16(17(10-15)28-6)24-18(25)11-22-21(27)20(13(2)3)23-14(4)5;1-2-3-6-4(5)7/h8-10,13-14,20,23H,7,11-12H2,1-6H3,(H,22,27)(H,24,25);2-3H2,1H3,(H3,5,6,7). The predicted octanol–water partition coefficient (Wildman–Crippen LogP) is 2.29. The first-order valence-electron chi connectivity index (χ1n) is 12.1. The third-order valence-corrected chi connectivity index (χ3v) is 4.66. The first-order chi connectivity index (χ1) is 16.9. The van der Waals surface area contributed by atoms with E-state index in [2.05, 4.69) is 21.3 Å². The van der Waals surface area contributed by atoms with Crippen LogP contribution in [0.15, 0.2) is 18.2 Å². The monoisotopic (exact) mass is 509 g/mol. The van der Waals surface area contributed by atoms with Crippen LogP contribution in [0.4, 0.5) is 10.5 Å². The molecular weight excluding hydrogens is 466 g/mol. The quantitative estimate of drug-likeness (QED) is 0.255. The second-order valence-corrected chi connectivity index (χ2v) is 8.65. The minimum Gasteiger partial charge on any atom is -0.495 e. The van der Waals surface area contributed by atoms with Crippen LogP contribution in [0.1, 0.15) is 59.9 Å². The van der Waals surface area contributed by atoms with Gasteiger partial charge >= 0.3 is 12.0 Å². The van der Waals surface area contributed by atoms with Gasteiger partial charge in [0.1, 0.15) is 12.4 Å². The van der Waals surface area contributed by atoms with Gasteiger partial charge in [-0.1, -0.05) is 47.6 Å². The number of esters is 1. The van der Waals surface area contributed by atoms with Crippen LogP contribution in [0, 0.1) is 5.92 Å². The lowest BCUT2D eigenvalue weighted by Crippen LogP contribution is -2.51. The van der Waals surface area contributed by atoms with Gasteiger partial charge < -0.3 is 36.5 Å². The van der Waals surface area contributed by atoms with Crippen LogP contribution in [0.25, 0.3) is 0 Å². The van der Waals surface area contributed by atoms with E-state index in [-0.39, 0.29) is 48.9 Å². The van der Waals surface area contributed by atoms with Crippen molar-refractivity contribution in [1.82, 2.24) is 16.0 Å². The van der Waals surface area contributed by atoms with Crippen molar-refractivity contribution in [2.75, 3.05) is 25.5 Å². The number of hydrogen-bond acceptors (Lipinski definition) is 7. The lowest BCUT2D eigenvalue weighted by atomic mass is 10.0. The molecule has 1 aromatic carbocycles. The highest BCUT2D eigenvalue weighted by Crippen LogP contribution is 2.26. The number of methoxy groups -OCH3 is 1. The molecule has 0 saturated heterocycles. The molecule has 0 heterocycles. The van der Waals surface area contributed by atoms with Crippen molar-refractivity contribution in [3.05, 3.63) is 23.8 Å². The molecule has 0 aliphatic rings. The van der Waals surface area contributed by atoms with Crippen molar-refractivity contribution < 1.29 is 28.7 Å². The van der Waals surface area contributed by atoms with E-state index in [0.717, 1.165) is 12.0 Å². The third kappa shape index (κ3) is 14.1. The van der Waals surface area contributed by atoms with E-state index < -0.39 is 6.03 Å². The topological polar surface area (TPSA) is 161 Å². The number of ether oxygens (including phenoxy) is 2. The van der Waals surface area contributed by atoms with Crippen LogP contribution in [-0.4, -0.2) is 56.1 Å². The van der Waals surface area contributed by atoms with Gasteiger partial charge in [-0.25, -0.2) is 4.79 Å². The summed E-state index contributed by atoms with van der Waals surface area (Å²) in [4.78, 5) is 45.8.